The summed E-state index contributed by atoms with van der Waals surface area (Å²) >= 11 is 1.72. The molecule has 2 heterocycles. The van der Waals surface area contributed by atoms with Gasteiger partial charge in [0.05, 0.1) is 11.1 Å². The second kappa shape index (κ2) is 5.28. The van der Waals surface area contributed by atoms with Gasteiger partial charge in [-0.1, -0.05) is 18.2 Å². The number of rotatable bonds is 4. The fourth-order valence-corrected chi connectivity index (χ4v) is 2.83. The highest BCUT2D eigenvalue weighted by Crippen LogP contribution is 2.16. The van der Waals surface area contributed by atoms with Crippen molar-refractivity contribution in [3.05, 3.63) is 58.4 Å². The highest BCUT2D eigenvalue weighted by atomic mass is 32.1. The molecular formula is C15H14N2OS. The van der Waals surface area contributed by atoms with Gasteiger partial charge in [0.25, 0.3) is 5.91 Å². The van der Waals surface area contributed by atoms with Crippen LogP contribution in [0.5, 0.6) is 0 Å². The lowest BCUT2D eigenvalue weighted by Crippen LogP contribution is -2.25. The molecule has 3 nitrogen and oxygen atoms in total. The molecule has 0 fully saturated rings. The van der Waals surface area contributed by atoms with Gasteiger partial charge in [-0.05, 0) is 30.0 Å². The van der Waals surface area contributed by atoms with Gasteiger partial charge in [0, 0.05) is 23.0 Å². The van der Waals surface area contributed by atoms with Crippen LogP contribution in [0.3, 0.4) is 0 Å². The molecular weight excluding hydrogens is 256 g/mol. The topological polar surface area (TPSA) is 44.9 Å². The summed E-state index contributed by atoms with van der Waals surface area (Å²) in [5, 5.41) is 6.08. The van der Waals surface area contributed by atoms with E-state index in [1.54, 1.807) is 11.3 Å². The Kier molecular flexibility index (Phi) is 3.33. The van der Waals surface area contributed by atoms with Crippen LogP contribution in [0.1, 0.15) is 15.2 Å². The van der Waals surface area contributed by atoms with Crippen molar-refractivity contribution >= 4 is 28.1 Å². The van der Waals surface area contributed by atoms with Crippen LogP contribution in [0.15, 0.2) is 48.0 Å². The number of aromatic nitrogens is 1. The van der Waals surface area contributed by atoms with E-state index in [-0.39, 0.29) is 5.91 Å². The van der Waals surface area contributed by atoms with Crippen molar-refractivity contribution in [2.75, 3.05) is 6.54 Å². The van der Waals surface area contributed by atoms with E-state index >= 15 is 0 Å². The lowest BCUT2D eigenvalue weighted by molar-refractivity contribution is 0.0955. The minimum atomic E-state index is -0.0235. The Labute approximate surface area is 115 Å². The molecule has 0 radical (unpaired) electrons. The van der Waals surface area contributed by atoms with Gasteiger partial charge >= 0.3 is 0 Å². The minimum Gasteiger partial charge on any atom is -0.361 e. The average molecular weight is 270 g/mol. The van der Waals surface area contributed by atoms with Crippen LogP contribution >= 0.6 is 11.3 Å². The first kappa shape index (κ1) is 12.0. The highest BCUT2D eigenvalue weighted by Gasteiger charge is 2.09. The largest absolute Gasteiger partial charge is 0.361 e. The molecule has 0 atom stereocenters. The zero-order valence-corrected chi connectivity index (χ0v) is 11.2. The standard InChI is InChI=1S/C15H14N2OS/c18-15(17-9-7-12-4-2-10-19-12)13-5-1-3-11-6-8-16-14(11)13/h1-6,8,10,16H,7,9H2,(H,17,18). The molecule has 96 valence electrons. The highest BCUT2D eigenvalue weighted by molar-refractivity contribution is 7.09. The Balaban J connectivity index is 1.68. The molecule has 1 amide bonds. The van der Waals surface area contributed by atoms with Crippen molar-refractivity contribution < 1.29 is 4.79 Å². The fraction of sp³-hybridized carbons (Fsp3) is 0.133. The molecule has 1 aromatic carbocycles. The quantitative estimate of drug-likeness (QED) is 0.751. The van der Waals surface area contributed by atoms with Crippen LogP contribution in [0.2, 0.25) is 0 Å². The monoisotopic (exact) mass is 270 g/mol. The molecule has 0 aliphatic carbocycles. The minimum absolute atomic E-state index is 0.0235. The van der Waals surface area contributed by atoms with Gasteiger partial charge in [0.2, 0.25) is 0 Å². The molecule has 19 heavy (non-hydrogen) atoms. The van der Waals surface area contributed by atoms with Crippen molar-refractivity contribution in [2.24, 2.45) is 0 Å². The Morgan fingerprint density at radius 1 is 1.21 bits per heavy atom. The summed E-state index contributed by atoms with van der Waals surface area (Å²) in [5.41, 5.74) is 1.60. The molecule has 0 unspecified atom stereocenters. The van der Waals surface area contributed by atoms with E-state index < -0.39 is 0 Å². The summed E-state index contributed by atoms with van der Waals surface area (Å²) in [6.45, 7) is 0.663. The van der Waals surface area contributed by atoms with Gasteiger partial charge in [0.1, 0.15) is 0 Å². The molecule has 0 saturated heterocycles. The van der Waals surface area contributed by atoms with Crippen LogP contribution in [-0.4, -0.2) is 17.4 Å². The third-order valence-electron chi connectivity index (χ3n) is 3.07. The van der Waals surface area contributed by atoms with Gasteiger partial charge in [-0.25, -0.2) is 0 Å². The number of nitrogens with one attached hydrogen (secondary N) is 2. The molecule has 4 heteroatoms. The van der Waals surface area contributed by atoms with E-state index in [2.05, 4.69) is 21.7 Å². The SMILES string of the molecule is O=C(NCCc1cccs1)c1cccc2cc[nH]c12. The maximum atomic E-state index is 12.2. The first-order chi connectivity index (χ1) is 9.34. The molecule has 3 rings (SSSR count). The van der Waals surface area contributed by atoms with Crippen molar-refractivity contribution in [1.82, 2.24) is 10.3 Å². The molecule has 0 aliphatic rings. The Morgan fingerprint density at radius 3 is 3.00 bits per heavy atom. The van der Waals surface area contributed by atoms with E-state index in [0.717, 1.165) is 17.3 Å². The van der Waals surface area contributed by atoms with Crippen molar-refractivity contribution in [1.29, 1.82) is 0 Å². The first-order valence-corrected chi connectivity index (χ1v) is 7.09. The number of fused-ring (bicyclic) bond motifs is 1. The summed E-state index contributed by atoms with van der Waals surface area (Å²) < 4.78 is 0. The smallest absolute Gasteiger partial charge is 0.253 e. The summed E-state index contributed by atoms with van der Waals surface area (Å²) in [6.07, 6.45) is 2.73. The lowest BCUT2D eigenvalue weighted by Gasteiger charge is -2.05. The normalized spacial score (nSPS) is 10.7. The predicted molar refractivity (Wildman–Crippen MR) is 78.7 cm³/mol. The van der Waals surface area contributed by atoms with E-state index in [1.807, 2.05) is 36.5 Å². The van der Waals surface area contributed by atoms with Gasteiger partial charge in [-0.2, -0.15) is 0 Å². The molecule has 2 N–H and O–H groups in total. The second-order valence-corrected chi connectivity index (χ2v) is 5.36. The number of benzene rings is 1. The van der Waals surface area contributed by atoms with Gasteiger partial charge in [-0.3, -0.25) is 4.79 Å². The lowest BCUT2D eigenvalue weighted by atomic mass is 10.1. The number of para-hydroxylation sites is 1. The molecule has 0 saturated carbocycles. The van der Waals surface area contributed by atoms with Crippen LogP contribution < -0.4 is 5.32 Å². The van der Waals surface area contributed by atoms with Gasteiger partial charge in [-0.15, -0.1) is 11.3 Å². The Morgan fingerprint density at radius 2 is 2.16 bits per heavy atom. The Bertz CT molecular complexity index is 685. The van der Waals surface area contributed by atoms with Gasteiger partial charge < -0.3 is 10.3 Å². The molecule has 0 aliphatic heterocycles. The fourth-order valence-electron chi connectivity index (χ4n) is 2.12. The average Bonchev–Trinajstić information content (AvgIpc) is 3.08. The Hall–Kier alpha value is -2.07. The van der Waals surface area contributed by atoms with Crippen molar-refractivity contribution in [3.8, 4) is 0 Å². The first-order valence-electron chi connectivity index (χ1n) is 6.21. The third kappa shape index (κ3) is 2.53. The number of amides is 1. The number of H-pyrrole nitrogens is 1. The molecule has 3 aromatic rings. The van der Waals surface area contributed by atoms with Crippen LogP contribution in [0, 0.1) is 0 Å². The van der Waals surface area contributed by atoms with E-state index in [9.17, 15) is 4.79 Å². The molecule has 0 bridgehead atoms. The number of aromatic amines is 1. The number of carbonyl (C=O) groups excluding carboxylic acids is 1. The summed E-state index contributed by atoms with van der Waals surface area (Å²) in [7, 11) is 0. The van der Waals surface area contributed by atoms with Crippen molar-refractivity contribution in [2.45, 2.75) is 6.42 Å². The molecule has 2 aromatic heterocycles. The maximum Gasteiger partial charge on any atom is 0.253 e. The summed E-state index contributed by atoms with van der Waals surface area (Å²) in [4.78, 5) is 16.6. The van der Waals surface area contributed by atoms with Crippen molar-refractivity contribution in [3.63, 3.8) is 0 Å². The van der Waals surface area contributed by atoms with E-state index in [1.165, 1.54) is 4.88 Å². The van der Waals surface area contributed by atoms with Crippen LogP contribution in [0.4, 0.5) is 0 Å². The van der Waals surface area contributed by atoms with E-state index in [0.29, 0.717) is 12.1 Å². The number of hydrogen-bond donors (Lipinski definition) is 2. The summed E-state index contributed by atoms with van der Waals surface area (Å²) in [5.74, 6) is -0.0235. The number of carbonyl (C=O) groups is 1. The van der Waals surface area contributed by atoms with E-state index in [4.69, 9.17) is 0 Å². The third-order valence-corrected chi connectivity index (χ3v) is 4.01. The maximum absolute atomic E-state index is 12.2. The van der Waals surface area contributed by atoms with Crippen LogP contribution in [0.25, 0.3) is 10.9 Å². The zero-order chi connectivity index (χ0) is 13.1. The zero-order valence-electron chi connectivity index (χ0n) is 10.3. The summed E-state index contributed by atoms with van der Waals surface area (Å²) in [6, 6.07) is 11.8. The number of hydrogen-bond acceptors (Lipinski definition) is 2. The van der Waals surface area contributed by atoms with Gasteiger partial charge in [0.15, 0.2) is 0 Å². The number of thiophene rings is 1. The predicted octanol–water partition coefficient (Wildman–Crippen LogP) is 3.20. The second-order valence-electron chi connectivity index (χ2n) is 4.33. The van der Waals surface area contributed by atoms with Crippen LogP contribution in [-0.2, 0) is 6.42 Å². The molecule has 0 spiro atoms.